The number of amides is 2. The van der Waals surface area contributed by atoms with Gasteiger partial charge in [-0.15, -0.1) is 0 Å². The quantitative estimate of drug-likeness (QED) is 0.712. The Kier molecular flexibility index (Phi) is 6.97. The highest BCUT2D eigenvalue weighted by Gasteiger charge is 2.26. The van der Waals surface area contributed by atoms with E-state index in [1.54, 1.807) is 12.0 Å². The monoisotopic (exact) mass is 419 g/mol. The number of anilines is 1. The molecule has 2 N–H and O–H groups in total. The van der Waals surface area contributed by atoms with Crippen molar-refractivity contribution in [2.24, 2.45) is 0 Å². The Morgan fingerprint density at radius 1 is 1.23 bits per heavy atom. The Labute approximate surface area is 175 Å². The van der Waals surface area contributed by atoms with Crippen LogP contribution in [0.15, 0.2) is 36.4 Å². The predicted molar refractivity (Wildman–Crippen MR) is 111 cm³/mol. The Bertz CT molecular complexity index is 894. The molecule has 0 aliphatic carbocycles. The van der Waals surface area contributed by atoms with Crippen LogP contribution in [0.25, 0.3) is 0 Å². The molecule has 1 aliphatic heterocycles. The van der Waals surface area contributed by atoms with Crippen LogP contribution in [0, 0.1) is 11.6 Å². The number of nitrogens with one attached hydrogen (secondary N) is 2. The van der Waals surface area contributed by atoms with Gasteiger partial charge in [-0.2, -0.15) is 0 Å². The Hall–Kier alpha value is -3.03. The van der Waals surface area contributed by atoms with E-state index in [1.807, 2.05) is 32.0 Å². The molecule has 6 nitrogen and oxygen atoms in total. The number of carbonyl (C=O) groups is 1. The highest BCUT2D eigenvalue weighted by molar-refractivity contribution is 5.75. The zero-order valence-corrected chi connectivity index (χ0v) is 17.4. The Balaban J connectivity index is 1.55. The second-order valence-corrected chi connectivity index (χ2v) is 7.21. The minimum Gasteiger partial charge on any atom is -0.493 e. The smallest absolute Gasteiger partial charge is 0.315 e. The van der Waals surface area contributed by atoms with Crippen molar-refractivity contribution in [3.05, 3.63) is 53.6 Å². The van der Waals surface area contributed by atoms with Crippen molar-refractivity contribution in [3.8, 4) is 11.5 Å². The third-order valence-corrected chi connectivity index (χ3v) is 5.11. The number of rotatable bonds is 7. The van der Waals surface area contributed by atoms with Crippen LogP contribution < -0.4 is 25.0 Å². The van der Waals surface area contributed by atoms with E-state index in [-0.39, 0.29) is 18.1 Å². The lowest BCUT2D eigenvalue weighted by atomic mass is 10.1. The number of halogens is 2. The third-order valence-electron chi connectivity index (χ3n) is 5.11. The number of hydrogen-bond donors (Lipinski definition) is 2. The molecular formula is C22H27F2N3O3. The Morgan fingerprint density at radius 3 is 2.73 bits per heavy atom. The van der Waals surface area contributed by atoms with Crippen molar-refractivity contribution in [1.82, 2.24) is 10.6 Å². The number of benzene rings is 2. The van der Waals surface area contributed by atoms with Gasteiger partial charge in [-0.25, -0.2) is 13.6 Å². The summed E-state index contributed by atoms with van der Waals surface area (Å²) in [7, 11) is 1.57. The van der Waals surface area contributed by atoms with Crippen LogP contribution in [-0.4, -0.2) is 38.9 Å². The lowest BCUT2D eigenvalue weighted by Crippen LogP contribution is -2.44. The van der Waals surface area contributed by atoms with Crippen LogP contribution in [0.3, 0.4) is 0 Å². The lowest BCUT2D eigenvalue weighted by Gasteiger charge is -2.21. The van der Waals surface area contributed by atoms with Gasteiger partial charge in [0.05, 0.1) is 25.4 Å². The van der Waals surface area contributed by atoms with Crippen molar-refractivity contribution in [1.29, 1.82) is 0 Å². The molecule has 0 radical (unpaired) electrons. The van der Waals surface area contributed by atoms with Gasteiger partial charge < -0.3 is 25.0 Å². The second kappa shape index (κ2) is 9.65. The van der Waals surface area contributed by atoms with Crippen LogP contribution in [0.2, 0.25) is 0 Å². The summed E-state index contributed by atoms with van der Waals surface area (Å²) in [5, 5.41) is 5.84. The number of nitrogens with zero attached hydrogens (tertiary/aromatic N) is 1. The zero-order valence-electron chi connectivity index (χ0n) is 17.4. The molecule has 30 heavy (non-hydrogen) atoms. The number of ether oxygens (including phenoxy) is 2. The third kappa shape index (κ3) is 5.11. The maximum atomic E-state index is 14.0. The average Bonchev–Trinajstić information content (AvgIpc) is 3.16. The topological polar surface area (TPSA) is 62.8 Å². The van der Waals surface area contributed by atoms with Crippen molar-refractivity contribution in [3.63, 3.8) is 0 Å². The number of urea groups is 1. The fourth-order valence-electron chi connectivity index (χ4n) is 3.57. The number of carbonyl (C=O) groups excluding carboxylic acids is 1. The first-order valence-electron chi connectivity index (χ1n) is 9.99. The van der Waals surface area contributed by atoms with E-state index in [9.17, 15) is 13.6 Å². The summed E-state index contributed by atoms with van der Waals surface area (Å²) in [5.74, 6) is 0.0539. The van der Waals surface area contributed by atoms with Crippen LogP contribution in [0.4, 0.5) is 19.3 Å². The molecule has 1 fully saturated rings. The largest absolute Gasteiger partial charge is 0.493 e. The van der Waals surface area contributed by atoms with E-state index in [0.717, 1.165) is 11.6 Å². The summed E-state index contributed by atoms with van der Waals surface area (Å²) in [4.78, 5) is 14.2. The van der Waals surface area contributed by atoms with E-state index in [2.05, 4.69) is 10.6 Å². The zero-order chi connectivity index (χ0) is 21.7. The highest BCUT2D eigenvalue weighted by atomic mass is 19.1. The van der Waals surface area contributed by atoms with Gasteiger partial charge in [0.15, 0.2) is 11.5 Å². The summed E-state index contributed by atoms with van der Waals surface area (Å²) in [6, 6.07) is 8.39. The summed E-state index contributed by atoms with van der Waals surface area (Å²) >= 11 is 0. The van der Waals surface area contributed by atoms with Gasteiger partial charge >= 0.3 is 6.03 Å². The van der Waals surface area contributed by atoms with E-state index in [0.29, 0.717) is 43.3 Å². The normalized spacial score (nSPS) is 16.8. The molecule has 3 rings (SSSR count). The predicted octanol–water partition coefficient (Wildman–Crippen LogP) is 4.01. The number of hydrogen-bond acceptors (Lipinski definition) is 4. The molecule has 2 aromatic rings. The average molecular weight is 419 g/mol. The second-order valence-electron chi connectivity index (χ2n) is 7.21. The van der Waals surface area contributed by atoms with Gasteiger partial charge in [0.1, 0.15) is 11.6 Å². The molecule has 1 aliphatic rings. The molecule has 0 aromatic heterocycles. The molecule has 2 unspecified atom stereocenters. The summed E-state index contributed by atoms with van der Waals surface area (Å²) < 4.78 is 38.0. The molecule has 0 bridgehead atoms. The molecule has 0 spiro atoms. The van der Waals surface area contributed by atoms with Gasteiger partial charge in [-0.05, 0) is 50.1 Å². The van der Waals surface area contributed by atoms with E-state index >= 15 is 0 Å². The molecule has 0 saturated carbocycles. The molecule has 2 aromatic carbocycles. The van der Waals surface area contributed by atoms with Crippen LogP contribution in [0.5, 0.6) is 11.5 Å². The van der Waals surface area contributed by atoms with Crippen molar-refractivity contribution < 1.29 is 23.0 Å². The summed E-state index contributed by atoms with van der Waals surface area (Å²) in [6.45, 7) is 5.35. The van der Waals surface area contributed by atoms with Gasteiger partial charge in [0.25, 0.3) is 0 Å². The molecule has 162 valence electrons. The first kappa shape index (κ1) is 21.7. The van der Waals surface area contributed by atoms with Gasteiger partial charge in [0, 0.05) is 25.2 Å². The van der Waals surface area contributed by atoms with Gasteiger partial charge in [-0.3, -0.25) is 0 Å². The standard InChI is InChI=1S/C22H27F2N3O3/c1-4-30-20-8-5-15(11-21(20)29-3)14(2)25-22(28)26-17-9-10-27(13-17)19-7-6-16(23)12-18(19)24/h5-8,11-12,14,17H,4,9-10,13H2,1-3H3,(H2,25,26,28). The van der Waals surface area contributed by atoms with Crippen molar-refractivity contribution in [2.75, 3.05) is 31.7 Å². The molecular weight excluding hydrogens is 392 g/mol. The van der Waals surface area contributed by atoms with Crippen LogP contribution in [0.1, 0.15) is 31.9 Å². The lowest BCUT2D eigenvalue weighted by molar-refractivity contribution is 0.235. The van der Waals surface area contributed by atoms with Gasteiger partial charge in [-0.1, -0.05) is 6.07 Å². The molecule has 8 heteroatoms. The molecule has 2 atom stereocenters. The van der Waals surface area contributed by atoms with E-state index < -0.39 is 11.6 Å². The summed E-state index contributed by atoms with van der Waals surface area (Å²) in [6.07, 6.45) is 0.676. The highest BCUT2D eigenvalue weighted by Crippen LogP contribution is 2.30. The first-order valence-corrected chi connectivity index (χ1v) is 9.99. The maximum Gasteiger partial charge on any atom is 0.315 e. The SMILES string of the molecule is CCOc1ccc(C(C)NC(=O)NC2CCN(c3ccc(F)cc3F)C2)cc1OC. The Morgan fingerprint density at radius 2 is 2.03 bits per heavy atom. The van der Waals surface area contributed by atoms with Gasteiger partial charge in [0.2, 0.25) is 0 Å². The van der Waals surface area contributed by atoms with Crippen LogP contribution >= 0.6 is 0 Å². The first-order chi connectivity index (χ1) is 14.4. The van der Waals surface area contributed by atoms with E-state index in [1.165, 1.54) is 12.1 Å². The summed E-state index contributed by atoms with van der Waals surface area (Å²) in [5.41, 5.74) is 1.22. The van der Waals surface area contributed by atoms with Crippen molar-refractivity contribution >= 4 is 11.7 Å². The molecule has 2 amide bonds. The minimum atomic E-state index is -0.607. The van der Waals surface area contributed by atoms with E-state index in [4.69, 9.17) is 9.47 Å². The fraction of sp³-hybridized carbons (Fsp3) is 0.409. The maximum absolute atomic E-state index is 14.0. The fourth-order valence-corrected chi connectivity index (χ4v) is 3.57. The molecule has 1 heterocycles. The molecule has 1 saturated heterocycles. The minimum absolute atomic E-state index is 0.128. The van der Waals surface area contributed by atoms with Crippen molar-refractivity contribution in [2.45, 2.75) is 32.4 Å². The van der Waals surface area contributed by atoms with Crippen LogP contribution in [-0.2, 0) is 0 Å². The number of methoxy groups -OCH3 is 1.